The summed E-state index contributed by atoms with van der Waals surface area (Å²) in [5, 5.41) is 0. The van der Waals surface area contributed by atoms with E-state index in [9.17, 15) is 0 Å². The minimum atomic E-state index is -4.14. The first kappa shape index (κ1) is 29.8. The second kappa shape index (κ2) is 14.0. The van der Waals surface area contributed by atoms with E-state index in [2.05, 4.69) is 24.3 Å². The molecule has 2 nitrogen and oxygen atoms in total. The smallest absolute Gasteiger partial charge is 0.208 e. The van der Waals surface area contributed by atoms with Crippen molar-refractivity contribution in [3.8, 4) is 0 Å². The quantitative estimate of drug-likeness (QED) is 0.146. The van der Waals surface area contributed by atoms with Crippen molar-refractivity contribution in [1.82, 2.24) is 0 Å². The van der Waals surface area contributed by atoms with Crippen LogP contribution in [0.5, 0.6) is 0 Å². The molecule has 0 aliphatic rings. The molecule has 6 aromatic rings. The zero-order chi connectivity index (χ0) is 30.9. The summed E-state index contributed by atoms with van der Waals surface area (Å²) in [4.78, 5) is 0.636. The number of hydrogen-bond donors (Lipinski definition) is 0. The molecule has 0 heterocycles. The topological polar surface area (TPSA) is 34.1 Å². The second-order valence-corrected chi connectivity index (χ2v) is 12.7. The molecule has 0 saturated heterocycles. The Morgan fingerprint density at radius 1 is 0.333 bits per heavy atom. The Hall–Kier alpha value is -5.25. The lowest BCUT2D eigenvalue weighted by Gasteiger charge is -2.22. The number of sulfone groups is 1. The van der Waals surface area contributed by atoms with E-state index in [0.29, 0.717) is 33.8 Å². The summed E-state index contributed by atoms with van der Waals surface area (Å²) in [6.45, 7) is 0. The van der Waals surface area contributed by atoms with Crippen LogP contribution in [0.2, 0.25) is 0 Å². The van der Waals surface area contributed by atoms with Crippen LogP contribution in [0.3, 0.4) is 0 Å². The van der Waals surface area contributed by atoms with Gasteiger partial charge in [0.05, 0.1) is 9.81 Å². The normalized spacial score (nSPS) is 12.6. The fourth-order valence-electron chi connectivity index (χ4n) is 5.77. The highest BCUT2D eigenvalue weighted by atomic mass is 32.2. The second-order valence-electron chi connectivity index (χ2n) is 10.9. The van der Waals surface area contributed by atoms with E-state index in [-0.39, 0.29) is 0 Å². The Kier molecular flexibility index (Phi) is 9.29. The molecule has 0 amide bonds. The van der Waals surface area contributed by atoms with Gasteiger partial charge in [-0.25, -0.2) is 8.42 Å². The summed E-state index contributed by atoms with van der Waals surface area (Å²) in [5.41, 5.74) is 6.67. The van der Waals surface area contributed by atoms with E-state index in [1.165, 1.54) is 0 Å². The molecule has 220 valence electrons. The largest absolute Gasteiger partial charge is 0.218 e. The van der Waals surface area contributed by atoms with Crippen molar-refractivity contribution >= 4 is 30.8 Å². The van der Waals surface area contributed by atoms with E-state index in [4.69, 9.17) is 0 Å². The third kappa shape index (κ3) is 6.95. The first-order chi connectivity index (χ1) is 22.1. The Labute approximate surface area is 266 Å². The molecular weight excluding hydrogens is 569 g/mol. The Bertz CT molecular complexity index is 1860. The molecule has 0 radical (unpaired) electrons. The van der Waals surface area contributed by atoms with Crippen molar-refractivity contribution in [2.75, 3.05) is 0 Å². The standard InChI is InChI=1S/C42H34O2S/c43-45(44,41(37-27-15-5-16-28-37)39(35-23-11-3-12-24-35)31-33-19-7-1-8-20-33)42(38-29-17-6-18-30-38)40(36-25-13-4-14-26-36)32-34-21-9-2-10-22-34/h1-30H,31-32H2. The molecule has 3 heteroatoms. The first-order valence-corrected chi connectivity index (χ1v) is 16.6. The number of hydrogen-bond acceptors (Lipinski definition) is 2. The Balaban J connectivity index is 1.73. The van der Waals surface area contributed by atoms with Crippen LogP contribution in [0.4, 0.5) is 0 Å². The highest BCUT2D eigenvalue weighted by molar-refractivity contribution is 8.09. The Morgan fingerprint density at radius 3 is 0.867 bits per heavy atom. The molecule has 0 aliphatic carbocycles. The van der Waals surface area contributed by atoms with Gasteiger partial charge >= 0.3 is 0 Å². The van der Waals surface area contributed by atoms with Crippen LogP contribution in [0.25, 0.3) is 21.0 Å². The number of allylic oxidation sites excluding steroid dienone is 2. The molecular formula is C42H34O2S. The van der Waals surface area contributed by atoms with Gasteiger partial charge in [-0.2, -0.15) is 0 Å². The van der Waals surface area contributed by atoms with Crippen molar-refractivity contribution in [1.29, 1.82) is 0 Å². The fraction of sp³-hybridized carbons (Fsp3) is 0.0476. The molecule has 0 unspecified atom stereocenters. The number of benzene rings is 6. The van der Waals surface area contributed by atoms with Crippen LogP contribution in [0, 0.1) is 0 Å². The van der Waals surface area contributed by atoms with Gasteiger partial charge in [-0.3, -0.25) is 0 Å². The van der Waals surface area contributed by atoms with Crippen LogP contribution >= 0.6 is 0 Å². The van der Waals surface area contributed by atoms with Gasteiger partial charge in [-0.05, 0) is 57.4 Å². The molecule has 0 bridgehead atoms. The molecule has 0 saturated carbocycles. The molecule has 0 atom stereocenters. The monoisotopic (exact) mass is 602 g/mol. The van der Waals surface area contributed by atoms with E-state index in [1.54, 1.807) is 0 Å². The molecule has 0 fully saturated rings. The van der Waals surface area contributed by atoms with Gasteiger partial charge in [0.1, 0.15) is 0 Å². The van der Waals surface area contributed by atoms with Crippen molar-refractivity contribution in [3.05, 3.63) is 215 Å². The van der Waals surface area contributed by atoms with Crippen LogP contribution in [0.1, 0.15) is 33.4 Å². The van der Waals surface area contributed by atoms with Gasteiger partial charge in [-0.15, -0.1) is 0 Å². The third-order valence-corrected chi connectivity index (χ3v) is 9.89. The zero-order valence-electron chi connectivity index (χ0n) is 25.0. The van der Waals surface area contributed by atoms with Gasteiger partial charge in [0.15, 0.2) is 0 Å². The average molecular weight is 603 g/mol. The SMILES string of the molecule is O=S(=O)(C(=C(Cc1ccccc1)c1ccccc1)c1ccccc1)C(=C(Cc1ccccc1)c1ccccc1)c1ccccc1. The number of rotatable bonds is 10. The van der Waals surface area contributed by atoms with Crippen molar-refractivity contribution in [3.63, 3.8) is 0 Å². The molecule has 0 aliphatic heterocycles. The minimum absolute atomic E-state index is 0.318. The lowest BCUT2D eigenvalue weighted by Crippen LogP contribution is -2.13. The lowest BCUT2D eigenvalue weighted by molar-refractivity contribution is 0.615. The maximum atomic E-state index is 15.7. The van der Waals surface area contributed by atoms with Crippen molar-refractivity contribution < 1.29 is 8.42 Å². The van der Waals surface area contributed by atoms with Crippen molar-refractivity contribution in [2.45, 2.75) is 12.8 Å². The predicted molar refractivity (Wildman–Crippen MR) is 189 cm³/mol. The van der Waals surface area contributed by atoms with Gasteiger partial charge in [0, 0.05) is 0 Å². The molecule has 45 heavy (non-hydrogen) atoms. The zero-order valence-corrected chi connectivity index (χ0v) is 25.8. The fourth-order valence-corrected chi connectivity index (χ4v) is 7.90. The Morgan fingerprint density at radius 2 is 0.578 bits per heavy atom. The molecule has 6 rings (SSSR count). The summed E-state index contributed by atoms with van der Waals surface area (Å²) in [6, 6.07) is 59.1. The summed E-state index contributed by atoms with van der Waals surface area (Å²) in [6.07, 6.45) is 0.908. The molecule has 6 aromatic carbocycles. The highest BCUT2D eigenvalue weighted by Gasteiger charge is 2.32. The maximum Gasteiger partial charge on any atom is 0.208 e. The molecule has 0 aromatic heterocycles. The van der Waals surface area contributed by atoms with E-state index >= 15 is 8.42 Å². The van der Waals surface area contributed by atoms with Crippen LogP contribution in [-0.2, 0) is 22.7 Å². The third-order valence-electron chi connectivity index (χ3n) is 7.85. The summed E-state index contributed by atoms with van der Waals surface area (Å²) >= 11 is 0. The van der Waals surface area contributed by atoms with E-state index < -0.39 is 9.84 Å². The molecule has 0 spiro atoms. The van der Waals surface area contributed by atoms with E-state index in [0.717, 1.165) is 33.4 Å². The van der Waals surface area contributed by atoms with Crippen LogP contribution in [-0.4, -0.2) is 8.42 Å². The van der Waals surface area contributed by atoms with Gasteiger partial charge in [0.2, 0.25) is 9.84 Å². The summed E-state index contributed by atoms with van der Waals surface area (Å²) < 4.78 is 31.5. The maximum absolute atomic E-state index is 15.7. The minimum Gasteiger partial charge on any atom is -0.218 e. The lowest BCUT2D eigenvalue weighted by atomic mass is 9.95. The summed E-state index contributed by atoms with van der Waals surface area (Å²) in [7, 11) is -4.14. The van der Waals surface area contributed by atoms with Crippen LogP contribution < -0.4 is 0 Å². The predicted octanol–water partition coefficient (Wildman–Crippen LogP) is 10.0. The van der Waals surface area contributed by atoms with E-state index in [1.807, 2.05) is 158 Å². The molecule has 0 N–H and O–H groups in total. The first-order valence-electron chi connectivity index (χ1n) is 15.1. The van der Waals surface area contributed by atoms with Crippen LogP contribution in [0.15, 0.2) is 182 Å². The average Bonchev–Trinajstić information content (AvgIpc) is 3.10. The summed E-state index contributed by atoms with van der Waals surface area (Å²) in [5.74, 6) is 0. The van der Waals surface area contributed by atoms with Gasteiger partial charge in [-0.1, -0.05) is 182 Å². The van der Waals surface area contributed by atoms with Gasteiger partial charge < -0.3 is 0 Å². The highest BCUT2D eigenvalue weighted by Crippen LogP contribution is 2.43. The van der Waals surface area contributed by atoms with Gasteiger partial charge in [0.25, 0.3) is 0 Å². The van der Waals surface area contributed by atoms with Crippen molar-refractivity contribution in [2.24, 2.45) is 0 Å².